The summed E-state index contributed by atoms with van der Waals surface area (Å²) >= 11 is 0. The number of benzene rings is 2. The van der Waals surface area contributed by atoms with E-state index in [9.17, 15) is 35.1 Å². The first-order valence-corrected chi connectivity index (χ1v) is 6.96. The van der Waals surface area contributed by atoms with Gasteiger partial charge in [0.05, 0.1) is 5.56 Å². The molecule has 0 saturated carbocycles. The fraction of sp³-hybridized carbons (Fsp3) is 0.250. The Kier molecular flexibility index (Phi) is 5.87. The highest BCUT2D eigenvalue weighted by molar-refractivity contribution is 5.31. The van der Waals surface area contributed by atoms with Crippen molar-refractivity contribution in [2.45, 2.75) is 27.1 Å². The minimum atomic E-state index is -2.07. The van der Waals surface area contributed by atoms with Crippen LogP contribution < -0.4 is 0 Å². The van der Waals surface area contributed by atoms with Gasteiger partial charge in [0, 0.05) is 11.1 Å². The molecule has 0 radical (unpaired) electrons. The third-order valence-electron chi connectivity index (χ3n) is 3.69. The maximum atomic E-state index is 13.7. The smallest absolute Gasteiger partial charge is 0.197 e. The molecular formula is C16H10F8O2. The van der Waals surface area contributed by atoms with Crippen LogP contribution in [0, 0.1) is 60.4 Å². The Morgan fingerprint density at radius 3 is 1.42 bits per heavy atom. The average Bonchev–Trinajstić information content (AvgIpc) is 2.63. The Hall–Kier alpha value is -2.20. The summed E-state index contributed by atoms with van der Waals surface area (Å²) in [4.78, 5) is 8.79. The van der Waals surface area contributed by atoms with Gasteiger partial charge in [0.25, 0.3) is 0 Å². The second kappa shape index (κ2) is 7.58. The van der Waals surface area contributed by atoms with Gasteiger partial charge in [-0.05, 0) is 19.4 Å². The van der Waals surface area contributed by atoms with Gasteiger partial charge in [-0.3, -0.25) is 0 Å². The Balaban J connectivity index is 2.14. The van der Waals surface area contributed by atoms with Crippen LogP contribution in [0.1, 0.15) is 22.3 Å². The molecule has 26 heavy (non-hydrogen) atoms. The van der Waals surface area contributed by atoms with E-state index in [4.69, 9.17) is 0 Å². The molecule has 0 unspecified atom stereocenters. The summed E-state index contributed by atoms with van der Waals surface area (Å²) in [6.45, 7) is -0.196. The topological polar surface area (TPSA) is 18.5 Å². The predicted octanol–water partition coefficient (Wildman–Crippen LogP) is 5.06. The van der Waals surface area contributed by atoms with Gasteiger partial charge in [-0.25, -0.2) is 44.9 Å². The van der Waals surface area contributed by atoms with E-state index < -0.39 is 82.0 Å². The lowest BCUT2D eigenvalue weighted by Crippen LogP contribution is -2.10. The third-order valence-corrected chi connectivity index (χ3v) is 3.69. The molecule has 0 aliphatic carbocycles. The summed E-state index contributed by atoms with van der Waals surface area (Å²) in [6, 6.07) is 0. The van der Waals surface area contributed by atoms with Crippen LogP contribution in [0.25, 0.3) is 0 Å². The molecule has 2 rings (SSSR count). The van der Waals surface area contributed by atoms with Crippen LogP contribution in [0.4, 0.5) is 35.1 Å². The SMILES string of the molecule is Cc1c(F)c(F)c(F)c(COOCc2c(C)c(F)c(F)c(F)c2F)c1F. The van der Waals surface area contributed by atoms with Crippen molar-refractivity contribution in [2.75, 3.05) is 0 Å². The van der Waals surface area contributed by atoms with Gasteiger partial charge >= 0.3 is 0 Å². The van der Waals surface area contributed by atoms with Crippen molar-refractivity contribution in [3.05, 3.63) is 68.8 Å². The number of hydrogen-bond acceptors (Lipinski definition) is 2. The van der Waals surface area contributed by atoms with E-state index in [-0.39, 0.29) is 0 Å². The molecule has 0 saturated heterocycles. The largest absolute Gasteiger partial charge is 0.231 e. The molecule has 10 heteroatoms. The fourth-order valence-corrected chi connectivity index (χ4v) is 2.10. The molecule has 0 heterocycles. The lowest BCUT2D eigenvalue weighted by atomic mass is 10.1. The number of hydrogen-bond donors (Lipinski definition) is 0. The first-order valence-electron chi connectivity index (χ1n) is 6.96. The second-order valence-electron chi connectivity index (χ2n) is 5.24. The molecule has 2 aromatic carbocycles. The van der Waals surface area contributed by atoms with Gasteiger partial charge in [0.15, 0.2) is 40.7 Å². The predicted molar refractivity (Wildman–Crippen MR) is 71.6 cm³/mol. The summed E-state index contributed by atoms with van der Waals surface area (Å²) < 4.78 is 107. The highest BCUT2D eigenvalue weighted by Crippen LogP contribution is 2.26. The molecule has 0 fully saturated rings. The first kappa shape index (κ1) is 20.1. The van der Waals surface area contributed by atoms with E-state index in [1.165, 1.54) is 0 Å². The quantitative estimate of drug-likeness (QED) is 0.179. The summed E-state index contributed by atoms with van der Waals surface area (Å²) in [5.41, 5.74) is -3.14. The van der Waals surface area contributed by atoms with Crippen molar-refractivity contribution in [1.82, 2.24) is 0 Å². The Morgan fingerprint density at radius 2 is 0.846 bits per heavy atom. The molecule has 0 N–H and O–H groups in total. The fourth-order valence-electron chi connectivity index (χ4n) is 2.10. The van der Waals surface area contributed by atoms with Crippen molar-refractivity contribution in [3.63, 3.8) is 0 Å². The Bertz CT molecular complexity index is 737. The molecule has 2 aromatic rings. The van der Waals surface area contributed by atoms with Crippen molar-refractivity contribution in [2.24, 2.45) is 0 Å². The third kappa shape index (κ3) is 3.38. The maximum Gasteiger partial charge on any atom is 0.197 e. The number of halogens is 8. The lowest BCUT2D eigenvalue weighted by molar-refractivity contribution is -0.314. The molecule has 0 aromatic heterocycles. The minimum Gasteiger partial charge on any atom is -0.231 e. The second-order valence-corrected chi connectivity index (χ2v) is 5.24. The molecule has 0 amide bonds. The molecule has 0 bridgehead atoms. The van der Waals surface area contributed by atoms with Crippen LogP contribution in [-0.2, 0) is 23.0 Å². The molecular weight excluding hydrogens is 376 g/mol. The van der Waals surface area contributed by atoms with Crippen LogP contribution in [0.2, 0.25) is 0 Å². The summed E-state index contributed by atoms with van der Waals surface area (Å²) in [7, 11) is 0. The molecule has 0 aliphatic rings. The van der Waals surface area contributed by atoms with E-state index in [0.29, 0.717) is 0 Å². The zero-order valence-corrected chi connectivity index (χ0v) is 13.3. The molecule has 2 nitrogen and oxygen atoms in total. The lowest BCUT2D eigenvalue weighted by Gasteiger charge is -2.12. The maximum absolute atomic E-state index is 13.7. The molecule has 142 valence electrons. The standard InChI is InChI=1S/C16H10F8O2/c1-5-7(12(20)16(24)15(23)10(5)18)3-25-26-4-8-9(17)6(2)11(19)14(22)13(8)21/h3-4H2,1-2H3. The van der Waals surface area contributed by atoms with Crippen molar-refractivity contribution < 1.29 is 44.9 Å². The Morgan fingerprint density at radius 1 is 0.462 bits per heavy atom. The minimum absolute atomic E-state index is 0.606. The van der Waals surface area contributed by atoms with Crippen LogP contribution in [-0.4, -0.2) is 0 Å². The van der Waals surface area contributed by atoms with Crippen molar-refractivity contribution in [1.29, 1.82) is 0 Å². The van der Waals surface area contributed by atoms with Crippen LogP contribution >= 0.6 is 0 Å². The van der Waals surface area contributed by atoms with Gasteiger partial charge in [0.2, 0.25) is 0 Å². The van der Waals surface area contributed by atoms with Crippen LogP contribution in [0.3, 0.4) is 0 Å². The molecule has 0 aliphatic heterocycles. The van der Waals surface area contributed by atoms with E-state index in [1.807, 2.05) is 0 Å². The zero-order valence-electron chi connectivity index (χ0n) is 13.3. The highest BCUT2D eigenvalue weighted by Gasteiger charge is 2.25. The van der Waals surface area contributed by atoms with E-state index in [2.05, 4.69) is 9.78 Å². The number of rotatable bonds is 5. The van der Waals surface area contributed by atoms with Gasteiger partial charge < -0.3 is 0 Å². The van der Waals surface area contributed by atoms with E-state index in [1.54, 1.807) is 0 Å². The summed E-state index contributed by atoms with van der Waals surface area (Å²) in [5, 5.41) is 0. The Labute approximate surface area is 141 Å². The van der Waals surface area contributed by atoms with Gasteiger partial charge in [-0.2, -0.15) is 0 Å². The van der Waals surface area contributed by atoms with Crippen LogP contribution in [0.15, 0.2) is 0 Å². The van der Waals surface area contributed by atoms with E-state index in [0.717, 1.165) is 13.8 Å². The first-order chi connectivity index (χ1) is 12.1. The molecule has 0 atom stereocenters. The van der Waals surface area contributed by atoms with E-state index >= 15 is 0 Å². The zero-order chi connectivity index (χ0) is 19.8. The average molecular weight is 386 g/mol. The molecule has 0 spiro atoms. The summed E-state index contributed by atoms with van der Waals surface area (Å²) in [5.74, 6) is -14.4. The summed E-state index contributed by atoms with van der Waals surface area (Å²) in [6.07, 6.45) is 0. The monoisotopic (exact) mass is 386 g/mol. The van der Waals surface area contributed by atoms with Crippen molar-refractivity contribution in [3.8, 4) is 0 Å². The van der Waals surface area contributed by atoms with Crippen molar-refractivity contribution >= 4 is 0 Å². The van der Waals surface area contributed by atoms with Gasteiger partial charge in [-0.1, -0.05) is 0 Å². The normalized spacial score (nSPS) is 11.3. The van der Waals surface area contributed by atoms with Gasteiger partial charge in [-0.15, -0.1) is 0 Å². The van der Waals surface area contributed by atoms with Crippen LogP contribution in [0.5, 0.6) is 0 Å². The van der Waals surface area contributed by atoms with Gasteiger partial charge in [0.1, 0.15) is 19.0 Å². The highest BCUT2D eigenvalue weighted by atomic mass is 19.2.